The van der Waals surface area contributed by atoms with E-state index in [0.29, 0.717) is 0 Å². The van der Waals surface area contributed by atoms with Crippen molar-refractivity contribution in [2.24, 2.45) is 5.73 Å². The van der Waals surface area contributed by atoms with Crippen molar-refractivity contribution in [1.29, 1.82) is 0 Å². The van der Waals surface area contributed by atoms with E-state index >= 15 is 0 Å². The maximum atomic E-state index is 10.0. The third-order valence-corrected chi connectivity index (χ3v) is 12.7. The van der Waals surface area contributed by atoms with Crippen LogP contribution in [0.3, 0.4) is 0 Å². The van der Waals surface area contributed by atoms with Crippen LogP contribution < -0.4 is 16.1 Å². The fourth-order valence-electron chi connectivity index (χ4n) is 5.43. The van der Waals surface area contributed by atoms with Crippen LogP contribution in [-0.4, -0.2) is 32.2 Å². The van der Waals surface area contributed by atoms with Gasteiger partial charge in [0.1, 0.15) is 0 Å². The molecule has 2 rings (SSSR count). The lowest BCUT2D eigenvalue weighted by Crippen LogP contribution is -2.68. The summed E-state index contributed by atoms with van der Waals surface area (Å²) >= 11 is 0. The van der Waals surface area contributed by atoms with Gasteiger partial charge < -0.3 is 15.3 Å². The highest BCUT2D eigenvalue weighted by Gasteiger charge is 2.51. The predicted octanol–water partition coefficient (Wildman–Crippen LogP) is 7.51. The third-order valence-electron chi connectivity index (χ3n) is 7.66. The number of hydrogen-bond acceptors (Lipinski definition) is 3. The molecular weight excluding hydrogens is 482 g/mol. The third kappa shape index (κ3) is 10.1. The van der Waals surface area contributed by atoms with Gasteiger partial charge >= 0.3 is 0 Å². The van der Waals surface area contributed by atoms with Crippen molar-refractivity contribution in [3.05, 3.63) is 72.8 Å². The van der Waals surface area contributed by atoms with E-state index in [-0.39, 0.29) is 17.7 Å². The molecule has 0 fully saturated rings. The van der Waals surface area contributed by atoms with Gasteiger partial charge in [0.2, 0.25) is 0 Å². The first-order valence-corrected chi connectivity index (χ1v) is 17.1. The zero-order chi connectivity index (χ0) is 27.7. The summed E-state index contributed by atoms with van der Waals surface area (Å²) in [6.07, 6.45) is 19.9. The van der Waals surface area contributed by atoms with Gasteiger partial charge in [0.15, 0.2) is 0 Å². The Morgan fingerprint density at radius 2 is 1.21 bits per heavy atom. The van der Waals surface area contributed by atoms with E-state index < -0.39 is 14.4 Å². The molecule has 38 heavy (non-hydrogen) atoms. The van der Waals surface area contributed by atoms with Gasteiger partial charge in [-0.05, 0) is 28.3 Å². The Hall–Kier alpha value is -1.72. The Bertz CT molecular complexity index is 839. The minimum atomic E-state index is -2.74. The molecule has 0 aliphatic rings. The quantitative estimate of drug-likeness (QED) is 0.111. The monoisotopic (exact) mass is 537 g/mol. The van der Waals surface area contributed by atoms with Crippen molar-refractivity contribution in [1.82, 2.24) is 0 Å². The number of unbranched alkanes of at least 4 members (excludes halogenated alkanes) is 11. The van der Waals surface area contributed by atoms with Crippen molar-refractivity contribution < 1.29 is 9.53 Å². The van der Waals surface area contributed by atoms with Crippen LogP contribution in [0, 0.1) is 0 Å². The van der Waals surface area contributed by atoms with Crippen LogP contribution in [0.25, 0.3) is 0 Å². The molecule has 0 amide bonds. The lowest BCUT2D eigenvalue weighted by Gasteiger charge is -2.45. The van der Waals surface area contributed by atoms with E-state index in [0.717, 1.165) is 6.42 Å². The van der Waals surface area contributed by atoms with Gasteiger partial charge in [-0.2, -0.15) is 0 Å². The highest BCUT2D eigenvalue weighted by Crippen LogP contribution is 2.38. The SMILES string of the molecule is CCCCCCCCCCCCCC=C[C@@H](O[Si](c1ccccc1)(c1ccccc1)C(C)(C)C)[C@@H](N)CO. The molecule has 0 heterocycles. The summed E-state index contributed by atoms with van der Waals surface area (Å²) in [6, 6.07) is 20.8. The van der Waals surface area contributed by atoms with Crippen LogP contribution in [0.2, 0.25) is 5.04 Å². The van der Waals surface area contributed by atoms with E-state index in [1.165, 1.54) is 81.0 Å². The Morgan fingerprint density at radius 3 is 1.63 bits per heavy atom. The number of hydrogen-bond donors (Lipinski definition) is 2. The molecule has 0 aliphatic carbocycles. The van der Waals surface area contributed by atoms with E-state index in [2.05, 4.69) is 101 Å². The molecule has 2 atom stereocenters. The lowest BCUT2D eigenvalue weighted by molar-refractivity contribution is 0.153. The van der Waals surface area contributed by atoms with Gasteiger partial charge in [0.05, 0.1) is 18.8 Å². The van der Waals surface area contributed by atoms with Crippen molar-refractivity contribution >= 4 is 18.7 Å². The van der Waals surface area contributed by atoms with E-state index in [4.69, 9.17) is 10.2 Å². The van der Waals surface area contributed by atoms with Crippen LogP contribution in [0.5, 0.6) is 0 Å². The maximum absolute atomic E-state index is 10.0. The number of aliphatic hydroxyl groups is 1. The van der Waals surface area contributed by atoms with E-state index in [9.17, 15) is 5.11 Å². The average molecular weight is 538 g/mol. The first kappa shape index (κ1) is 32.5. The molecule has 3 nitrogen and oxygen atoms in total. The van der Waals surface area contributed by atoms with Gasteiger partial charge in [-0.3, -0.25) is 0 Å². The van der Waals surface area contributed by atoms with Crippen LogP contribution in [0.4, 0.5) is 0 Å². The molecule has 3 N–H and O–H groups in total. The summed E-state index contributed by atoms with van der Waals surface area (Å²) in [7, 11) is -2.74. The number of rotatable bonds is 19. The minimum absolute atomic E-state index is 0.106. The van der Waals surface area contributed by atoms with Gasteiger partial charge in [0.25, 0.3) is 8.32 Å². The van der Waals surface area contributed by atoms with Gasteiger partial charge in [-0.15, -0.1) is 0 Å². The van der Waals surface area contributed by atoms with E-state index in [1.54, 1.807) is 0 Å². The second-order valence-corrected chi connectivity index (χ2v) is 16.1. The number of nitrogens with two attached hydrogens (primary N) is 1. The molecule has 0 spiro atoms. The topological polar surface area (TPSA) is 55.5 Å². The molecule has 2 aromatic carbocycles. The summed E-state index contributed by atoms with van der Waals surface area (Å²) in [6.45, 7) is 8.99. The second-order valence-electron chi connectivity index (χ2n) is 11.8. The first-order valence-electron chi connectivity index (χ1n) is 15.2. The number of aliphatic hydroxyl groups excluding tert-OH is 1. The number of benzene rings is 2. The minimum Gasteiger partial charge on any atom is -0.399 e. The van der Waals surface area contributed by atoms with Crippen LogP contribution >= 0.6 is 0 Å². The summed E-state index contributed by atoms with van der Waals surface area (Å²) in [5, 5.41) is 12.4. The molecular formula is C34H55NO2Si. The smallest absolute Gasteiger partial charge is 0.261 e. The Morgan fingerprint density at radius 1 is 0.763 bits per heavy atom. The fraction of sp³-hybridized carbons (Fsp3) is 0.588. The summed E-state index contributed by atoms with van der Waals surface area (Å²) in [5.41, 5.74) is 6.47. The molecule has 4 heteroatoms. The summed E-state index contributed by atoms with van der Waals surface area (Å²) in [5.74, 6) is 0. The normalized spacial score (nSPS) is 14.2. The van der Waals surface area contributed by atoms with Crippen molar-refractivity contribution in [3.8, 4) is 0 Å². The standard InChI is InChI=1S/C34H55NO2Si/c1-5-6-7-8-9-10-11-12-13-14-15-16-23-28-33(32(35)29-36)37-38(34(2,3)4,30-24-19-17-20-25-30)31-26-21-18-22-27-31/h17-28,32-33,36H,5-16,29,35H2,1-4H3/t32-,33+/m0/s1. The van der Waals surface area contributed by atoms with E-state index in [1.807, 2.05) is 0 Å². The Kier molecular flexibility index (Phi) is 15.2. The molecule has 0 unspecified atom stereocenters. The molecule has 0 saturated heterocycles. The fourth-order valence-corrected chi connectivity index (χ4v) is 10.1. The van der Waals surface area contributed by atoms with Crippen molar-refractivity contribution in [2.45, 2.75) is 122 Å². The number of allylic oxidation sites excluding steroid dienone is 1. The highest BCUT2D eigenvalue weighted by molar-refractivity contribution is 6.99. The van der Waals surface area contributed by atoms with Crippen molar-refractivity contribution in [2.75, 3.05) is 6.61 Å². The lowest BCUT2D eigenvalue weighted by atomic mass is 10.0. The molecule has 0 aromatic heterocycles. The largest absolute Gasteiger partial charge is 0.399 e. The Labute approximate surface area is 235 Å². The summed E-state index contributed by atoms with van der Waals surface area (Å²) in [4.78, 5) is 0. The molecule has 0 radical (unpaired) electrons. The highest BCUT2D eigenvalue weighted by atomic mass is 28.4. The van der Waals surface area contributed by atoms with Crippen LogP contribution in [0.15, 0.2) is 72.8 Å². The second kappa shape index (κ2) is 17.8. The molecule has 0 bridgehead atoms. The predicted molar refractivity (Wildman–Crippen MR) is 168 cm³/mol. The average Bonchev–Trinajstić information content (AvgIpc) is 2.93. The first-order chi connectivity index (χ1) is 18.4. The van der Waals surface area contributed by atoms with Gasteiger partial charge in [-0.25, -0.2) is 0 Å². The van der Waals surface area contributed by atoms with Crippen LogP contribution in [-0.2, 0) is 4.43 Å². The molecule has 2 aromatic rings. The Balaban J connectivity index is 2.03. The van der Waals surface area contributed by atoms with Crippen molar-refractivity contribution in [3.63, 3.8) is 0 Å². The molecule has 212 valence electrons. The zero-order valence-electron chi connectivity index (χ0n) is 24.7. The maximum Gasteiger partial charge on any atom is 0.261 e. The molecule has 0 saturated carbocycles. The van der Waals surface area contributed by atoms with Crippen LogP contribution in [0.1, 0.15) is 105 Å². The molecule has 0 aliphatic heterocycles. The van der Waals surface area contributed by atoms with Gasteiger partial charge in [-0.1, -0.05) is 165 Å². The van der Waals surface area contributed by atoms with Gasteiger partial charge in [0, 0.05) is 0 Å². The zero-order valence-corrected chi connectivity index (χ0v) is 25.7. The summed E-state index contributed by atoms with van der Waals surface area (Å²) < 4.78 is 7.20.